The Bertz CT molecular complexity index is 826. The lowest BCUT2D eigenvalue weighted by molar-refractivity contribution is 0.108. The minimum Gasteiger partial charge on any atom is -0.494 e. The molecule has 0 aliphatic heterocycles. The number of ether oxygens (including phenoxy) is 2. The maximum absolute atomic E-state index is 13.7. The number of rotatable bonds is 5. The fourth-order valence-electron chi connectivity index (χ4n) is 2.19. The number of hydrogen-bond acceptors (Lipinski definition) is 5. The first-order valence-electron chi connectivity index (χ1n) is 7.02. The molecule has 0 saturated heterocycles. The molecule has 3 aromatic rings. The highest BCUT2D eigenvalue weighted by molar-refractivity contribution is 5.75. The molecule has 2 aromatic carbocycles. The third kappa shape index (κ3) is 3.37. The van der Waals surface area contributed by atoms with E-state index in [0.717, 1.165) is 5.52 Å². The number of halogens is 1. The van der Waals surface area contributed by atoms with Gasteiger partial charge in [0.15, 0.2) is 11.6 Å². The summed E-state index contributed by atoms with van der Waals surface area (Å²) in [4.78, 5) is 8.36. The number of aliphatic hydroxyl groups is 1. The van der Waals surface area contributed by atoms with E-state index >= 15 is 0 Å². The largest absolute Gasteiger partial charge is 0.494 e. The van der Waals surface area contributed by atoms with Crippen LogP contribution in [-0.4, -0.2) is 28.8 Å². The van der Waals surface area contributed by atoms with Gasteiger partial charge in [0.25, 0.3) is 0 Å². The fourth-order valence-corrected chi connectivity index (χ4v) is 2.19. The van der Waals surface area contributed by atoms with Crippen LogP contribution in [0.2, 0.25) is 0 Å². The number of aliphatic hydroxyl groups excluding tert-OH is 1. The van der Waals surface area contributed by atoms with Crippen molar-refractivity contribution in [3.63, 3.8) is 0 Å². The van der Waals surface area contributed by atoms with Gasteiger partial charge in [0.05, 0.1) is 18.1 Å². The summed E-state index contributed by atoms with van der Waals surface area (Å²) >= 11 is 0. The highest BCUT2D eigenvalue weighted by Gasteiger charge is 2.12. The summed E-state index contributed by atoms with van der Waals surface area (Å²) in [6.07, 6.45) is 2.26. The molecule has 0 amide bonds. The highest BCUT2D eigenvalue weighted by atomic mass is 19.1. The van der Waals surface area contributed by atoms with Gasteiger partial charge in [-0.1, -0.05) is 6.07 Å². The van der Waals surface area contributed by atoms with Crippen molar-refractivity contribution in [3.05, 3.63) is 60.2 Å². The van der Waals surface area contributed by atoms with E-state index in [1.807, 2.05) is 0 Å². The van der Waals surface area contributed by atoms with Crippen LogP contribution < -0.4 is 9.47 Å². The van der Waals surface area contributed by atoms with Crippen molar-refractivity contribution >= 4 is 11.0 Å². The van der Waals surface area contributed by atoms with E-state index in [1.54, 1.807) is 36.7 Å². The zero-order valence-electron chi connectivity index (χ0n) is 12.4. The van der Waals surface area contributed by atoms with E-state index in [1.165, 1.54) is 19.2 Å². The molecule has 0 aliphatic rings. The van der Waals surface area contributed by atoms with Crippen LogP contribution in [0.4, 0.5) is 4.39 Å². The number of benzene rings is 2. The molecule has 1 unspecified atom stereocenters. The molecule has 0 fully saturated rings. The number of fused-ring (bicyclic) bond motifs is 1. The van der Waals surface area contributed by atoms with Gasteiger partial charge >= 0.3 is 0 Å². The van der Waals surface area contributed by atoms with E-state index < -0.39 is 11.9 Å². The molecule has 23 heavy (non-hydrogen) atoms. The molecule has 1 N–H and O–H groups in total. The van der Waals surface area contributed by atoms with Gasteiger partial charge in [-0.2, -0.15) is 0 Å². The predicted molar refractivity (Wildman–Crippen MR) is 82.9 cm³/mol. The second-order valence-electron chi connectivity index (χ2n) is 4.93. The molecule has 118 valence electrons. The molecule has 0 aliphatic carbocycles. The molecule has 5 nitrogen and oxygen atoms in total. The van der Waals surface area contributed by atoms with Crippen molar-refractivity contribution < 1.29 is 19.0 Å². The number of hydrogen-bond donors (Lipinski definition) is 1. The molecule has 6 heteroatoms. The molecule has 0 radical (unpaired) electrons. The molecule has 1 heterocycles. The van der Waals surface area contributed by atoms with Gasteiger partial charge < -0.3 is 14.6 Å². The van der Waals surface area contributed by atoms with Gasteiger partial charge in [0, 0.05) is 18.5 Å². The Hall–Kier alpha value is -2.73. The first-order valence-corrected chi connectivity index (χ1v) is 7.02. The average molecular weight is 314 g/mol. The number of nitrogens with zero attached hydrogens (tertiary/aromatic N) is 2. The van der Waals surface area contributed by atoms with Crippen LogP contribution in [0.1, 0.15) is 11.7 Å². The van der Waals surface area contributed by atoms with Crippen molar-refractivity contribution in [1.29, 1.82) is 0 Å². The molecule has 0 spiro atoms. The van der Waals surface area contributed by atoms with Crippen molar-refractivity contribution in [1.82, 2.24) is 9.97 Å². The zero-order chi connectivity index (χ0) is 16.2. The Morgan fingerprint density at radius 2 is 1.87 bits per heavy atom. The van der Waals surface area contributed by atoms with Gasteiger partial charge in [-0.15, -0.1) is 0 Å². The van der Waals surface area contributed by atoms with Crippen molar-refractivity contribution in [2.45, 2.75) is 6.10 Å². The van der Waals surface area contributed by atoms with Crippen LogP contribution in [0.5, 0.6) is 11.5 Å². The maximum atomic E-state index is 13.7. The minimum absolute atomic E-state index is 0.00244. The van der Waals surface area contributed by atoms with Crippen LogP contribution in [0, 0.1) is 5.82 Å². The Labute approximate surface area is 132 Å². The second kappa shape index (κ2) is 6.58. The van der Waals surface area contributed by atoms with Crippen LogP contribution in [0.25, 0.3) is 11.0 Å². The van der Waals surface area contributed by atoms with Crippen molar-refractivity contribution in [2.75, 3.05) is 13.7 Å². The van der Waals surface area contributed by atoms with E-state index in [-0.39, 0.29) is 12.4 Å². The monoisotopic (exact) mass is 314 g/mol. The lowest BCUT2D eigenvalue weighted by atomic mass is 10.1. The van der Waals surface area contributed by atoms with E-state index in [9.17, 15) is 9.50 Å². The van der Waals surface area contributed by atoms with E-state index in [4.69, 9.17) is 9.47 Å². The summed E-state index contributed by atoms with van der Waals surface area (Å²) in [6.45, 7) is -0.00244. The van der Waals surface area contributed by atoms with Crippen LogP contribution in [-0.2, 0) is 0 Å². The summed E-state index contributed by atoms with van der Waals surface area (Å²) in [5, 5.41) is 10.1. The van der Waals surface area contributed by atoms with Crippen molar-refractivity contribution in [2.24, 2.45) is 0 Å². The Morgan fingerprint density at radius 1 is 1.09 bits per heavy atom. The topological polar surface area (TPSA) is 64.5 Å². The molecular weight excluding hydrogens is 299 g/mol. The lowest BCUT2D eigenvalue weighted by Crippen LogP contribution is -2.10. The molecular formula is C17H15FN2O3. The zero-order valence-corrected chi connectivity index (χ0v) is 12.4. The van der Waals surface area contributed by atoms with Gasteiger partial charge in [-0.05, 0) is 29.8 Å². The van der Waals surface area contributed by atoms with Gasteiger partial charge in [-0.25, -0.2) is 4.39 Å². The first-order chi connectivity index (χ1) is 11.2. The average Bonchev–Trinajstić information content (AvgIpc) is 2.59. The molecule has 1 atom stereocenters. The standard InChI is InChI=1S/C17H15FN2O3/c1-22-17-5-2-11(8-13(17)18)16(21)10-23-12-3-4-14-15(9-12)20-7-6-19-14/h2-9,16,21H,10H2,1H3. The van der Waals surface area contributed by atoms with Gasteiger partial charge in [0.2, 0.25) is 0 Å². The van der Waals surface area contributed by atoms with E-state index in [0.29, 0.717) is 16.8 Å². The molecule has 0 bridgehead atoms. The minimum atomic E-state index is -0.951. The quantitative estimate of drug-likeness (QED) is 0.784. The van der Waals surface area contributed by atoms with Gasteiger partial charge in [-0.3, -0.25) is 9.97 Å². The Morgan fingerprint density at radius 3 is 2.61 bits per heavy atom. The van der Waals surface area contributed by atoms with Crippen LogP contribution >= 0.6 is 0 Å². The molecule has 3 rings (SSSR count). The first kappa shape index (κ1) is 15.2. The summed E-state index contributed by atoms with van der Waals surface area (Å²) < 4.78 is 24.1. The second-order valence-corrected chi connectivity index (χ2v) is 4.93. The van der Waals surface area contributed by atoms with Crippen LogP contribution in [0.3, 0.4) is 0 Å². The highest BCUT2D eigenvalue weighted by Crippen LogP contribution is 2.23. The SMILES string of the molecule is COc1ccc(C(O)COc2ccc3nccnc3c2)cc1F. The van der Waals surface area contributed by atoms with Gasteiger partial charge in [0.1, 0.15) is 18.5 Å². The number of methoxy groups -OCH3 is 1. The third-order valence-corrected chi connectivity index (χ3v) is 3.41. The smallest absolute Gasteiger partial charge is 0.165 e. The summed E-state index contributed by atoms with van der Waals surface area (Å²) in [5.74, 6) is 0.172. The van der Waals surface area contributed by atoms with Crippen molar-refractivity contribution in [3.8, 4) is 11.5 Å². The number of aromatic nitrogens is 2. The lowest BCUT2D eigenvalue weighted by Gasteiger charge is -2.14. The molecule has 0 saturated carbocycles. The molecule has 1 aromatic heterocycles. The Balaban J connectivity index is 1.70. The summed E-state index contributed by atoms with van der Waals surface area (Å²) in [7, 11) is 1.39. The summed E-state index contributed by atoms with van der Waals surface area (Å²) in [6, 6.07) is 9.58. The third-order valence-electron chi connectivity index (χ3n) is 3.41. The summed E-state index contributed by atoms with van der Waals surface area (Å²) in [5.41, 5.74) is 1.89. The normalized spacial score (nSPS) is 12.1. The maximum Gasteiger partial charge on any atom is 0.165 e. The van der Waals surface area contributed by atoms with Crippen LogP contribution in [0.15, 0.2) is 48.8 Å². The van der Waals surface area contributed by atoms with E-state index in [2.05, 4.69) is 9.97 Å². The fraction of sp³-hybridized carbons (Fsp3) is 0.176. The Kier molecular flexibility index (Phi) is 4.34. The predicted octanol–water partition coefficient (Wildman–Crippen LogP) is 2.89.